The molecule has 0 atom stereocenters. The number of nitrogens with one attached hydrogen (secondary N) is 1. The Balaban J connectivity index is 2.14. The van der Waals surface area contributed by atoms with Gasteiger partial charge < -0.3 is 10.4 Å². The summed E-state index contributed by atoms with van der Waals surface area (Å²) in [6.07, 6.45) is 4.95. The Morgan fingerprint density at radius 1 is 1.40 bits per heavy atom. The lowest BCUT2D eigenvalue weighted by Crippen LogP contribution is -2.17. The van der Waals surface area contributed by atoms with E-state index in [2.05, 4.69) is 12.2 Å². The number of benzene rings is 1. The third-order valence-electron chi connectivity index (χ3n) is 3.93. The van der Waals surface area contributed by atoms with Crippen molar-refractivity contribution in [2.45, 2.75) is 44.4 Å². The number of thioether (sulfide) groups is 1. The summed E-state index contributed by atoms with van der Waals surface area (Å²) < 4.78 is 0. The van der Waals surface area contributed by atoms with Crippen LogP contribution in [0.25, 0.3) is 0 Å². The van der Waals surface area contributed by atoms with Crippen LogP contribution in [-0.2, 0) is 0 Å². The fraction of sp³-hybridized carbons (Fsp3) is 0.562. The van der Waals surface area contributed by atoms with Gasteiger partial charge in [0.25, 0.3) is 0 Å². The van der Waals surface area contributed by atoms with Gasteiger partial charge >= 0.3 is 5.97 Å². The van der Waals surface area contributed by atoms with E-state index in [0.717, 1.165) is 22.9 Å². The summed E-state index contributed by atoms with van der Waals surface area (Å²) in [4.78, 5) is 12.4. The second kappa shape index (κ2) is 6.53. The Bertz CT molecular complexity index is 483. The number of hydrogen-bond donors (Lipinski definition) is 2. The molecule has 0 radical (unpaired) electrons. The van der Waals surface area contributed by atoms with Crippen LogP contribution in [0.5, 0.6) is 0 Å². The van der Waals surface area contributed by atoms with Crippen LogP contribution in [0.2, 0.25) is 0 Å². The standard InChI is InChI=1S/C16H23NO2S/c1-3-8-16(9-10-16)11-17-12-6-5-7-13(20-4-2)14(12)15(18)19/h5-7,17H,3-4,8-11H2,1-2H3,(H,18,19). The summed E-state index contributed by atoms with van der Waals surface area (Å²) in [6, 6.07) is 5.71. The summed E-state index contributed by atoms with van der Waals surface area (Å²) in [6.45, 7) is 5.14. The van der Waals surface area contributed by atoms with E-state index in [1.165, 1.54) is 25.7 Å². The molecule has 1 aliphatic carbocycles. The van der Waals surface area contributed by atoms with Gasteiger partial charge in [-0.05, 0) is 42.6 Å². The predicted molar refractivity (Wildman–Crippen MR) is 84.9 cm³/mol. The molecule has 110 valence electrons. The number of rotatable bonds is 8. The lowest BCUT2D eigenvalue weighted by Gasteiger charge is -2.18. The van der Waals surface area contributed by atoms with Crippen molar-refractivity contribution in [3.8, 4) is 0 Å². The van der Waals surface area contributed by atoms with Gasteiger partial charge in [-0.3, -0.25) is 0 Å². The van der Waals surface area contributed by atoms with Crippen LogP contribution in [0.4, 0.5) is 5.69 Å². The summed E-state index contributed by atoms with van der Waals surface area (Å²) in [7, 11) is 0. The van der Waals surface area contributed by atoms with E-state index in [1.54, 1.807) is 11.8 Å². The highest BCUT2D eigenvalue weighted by Crippen LogP contribution is 2.49. The van der Waals surface area contributed by atoms with Crippen LogP contribution < -0.4 is 5.32 Å². The van der Waals surface area contributed by atoms with Crippen molar-refractivity contribution in [3.05, 3.63) is 23.8 Å². The molecule has 20 heavy (non-hydrogen) atoms. The van der Waals surface area contributed by atoms with Gasteiger partial charge in [0.1, 0.15) is 0 Å². The van der Waals surface area contributed by atoms with E-state index in [4.69, 9.17) is 0 Å². The van der Waals surface area contributed by atoms with Crippen molar-refractivity contribution >= 4 is 23.4 Å². The van der Waals surface area contributed by atoms with E-state index >= 15 is 0 Å². The predicted octanol–water partition coefficient (Wildman–Crippen LogP) is 4.49. The normalized spacial score (nSPS) is 15.9. The smallest absolute Gasteiger partial charge is 0.338 e. The Kier molecular flexibility index (Phi) is 4.97. The highest BCUT2D eigenvalue weighted by Gasteiger charge is 2.41. The maximum Gasteiger partial charge on any atom is 0.338 e. The molecule has 2 N–H and O–H groups in total. The molecule has 1 aromatic rings. The molecule has 3 nitrogen and oxygen atoms in total. The molecular formula is C16H23NO2S. The number of carboxylic acid groups (broad SMARTS) is 1. The first kappa shape index (κ1) is 15.2. The van der Waals surface area contributed by atoms with E-state index in [-0.39, 0.29) is 0 Å². The van der Waals surface area contributed by atoms with Crippen molar-refractivity contribution in [2.75, 3.05) is 17.6 Å². The summed E-state index contributed by atoms with van der Waals surface area (Å²) in [5.74, 6) is 0.0353. The van der Waals surface area contributed by atoms with Gasteiger partial charge in [0.2, 0.25) is 0 Å². The van der Waals surface area contributed by atoms with Crippen LogP contribution >= 0.6 is 11.8 Å². The molecule has 0 saturated heterocycles. The molecule has 0 amide bonds. The first-order valence-electron chi connectivity index (χ1n) is 7.35. The van der Waals surface area contributed by atoms with Crippen molar-refractivity contribution in [2.24, 2.45) is 5.41 Å². The molecular weight excluding hydrogens is 270 g/mol. The Labute approximate surface area is 125 Å². The van der Waals surface area contributed by atoms with Gasteiger partial charge in [0.15, 0.2) is 0 Å². The molecule has 0 unspecified atom stereocenters. The minimum absolute atomic E-state index is 0.415. The molecule has 0 aromatic heterocycles. The van der Waals surface area contributed by atoms with Gasteiger partial charge in [0, 0.05) is 17.1 Å². The van der Waals surface area contributed by atoms with E-state index in [9.17, 15) is 9.90 Å². The second-order valence-electron chi connectivity index (χ2n) is 5.52. The monoisotopic (exact) mass is 293 g/mol. The maximum atomic E-state index is 11.5. The van der Waals surface area contributed by atoms with E-state index in [0.29, 0.717) is 11.0 Å². The minimum atomic E-state index is -0.843. The highest BCUT2D eigenvalue weighted by molar-refractivity contribution is 7.99. The first-order chi connectivity index (χ1) is 9.62. The highest BCUT2D eigenvalue weighted by atomic mass is 32.2. The minimum Gasteiger partial charge on any atom is -0.478 e. The maximum absolute atomic E-state index is 11.5. The fourth-order valence-electron chi connectivity index (χ4n) is 2.68. The van der Waals surface area contributed by atoms with Gasteiger partial charge in [-0.15, -0.1) is 11.8 Å². The number of aromatic carboxylic acids is 1. The SMILES string of the molecule is CCCC1(CNc2cccc(SCC)c2C(=O)O)CC1. The van der Waals surface area contributed by atoms with Crippen LogP contribution in [0.1, 0.15) is 49.9 Å². The van der Waals surface area contributed by atoms with Crippen LogP contribution in [0, 0.1) is 5.41 Å². The quantitative estimate of drug-likeness (QED) is 0.693. The van der Waals surface area contributed by atoms with Gasteiger partial charge in [-0.2, -0.15) is 0 Å². The number of carbonyl (C=O) groups is 1. The Morgan fingerprint density at radius 2 is 2.15 bits per heavy atom. The molecule has 0 aliphatic heterocycles. The average molecular weight is 293 g/mol. The zero-order valence-electron chi connectivity index (χ0n) is 12.2. The van der Waals surface area contributed by atoms with Crippen molar-refractivity contribution in [1.29, 1.82) is 0 Å². The van der Waals surface area contributed by atoms with E-state index in [1.807, 2.05) is 25.1 Å². The van der Waals surface area contributed by atoms with Crippen LogP contribution in [0.3, 0.4) is 0 Å². The molecule has 1 fully saturated rings. The molecule has 4 heteroatoms. The third kappa shape index (κ3) is 3.48. The third-order valence-corrected chi connectivity index (χ3v) is 4.87. The summed E-state index contributed by atoms with van der Waals surface area (Å²) in [5, 5.41) is 12.9. The lowest BCUT2D eigenvalue weighted by molar-refractivity contribution is 0.0694. The average Bonchev–Trinajstić information content (AvgIpc) is 3.17. The number of hydrogen-bond acceptors (Lipinski definition) is 3. The van der Waals surface area contributed by atoms with Gasteiger partial charge in [-0.1, -0.05) is 26.3 Å². The molecule has 0 heterocycles. The lowest BCUT2D eigenvalue weighted by atomic mass is 10.0. The van der Waals surface area contributed by atoms with E-state index < -0.39 is 5.97 Å². The van der Waals surface area contributed by atoms with Crippen LogP contribution in [0.15, 0.2) is 23.1 Å². The zero-order chi connectivity index (χ0) is 14.6. The van der Waals surface area contributed by atoms with Crippen LogP contribution in [-0.4, -0.2) is 23.4 Å². The second-order valence-corrected chi connectivity index (χ2v) is 6.83. The zero-order valence-corrected chi connectivity index (χ0v) is 13.1. The van der Waals surface area contributed by atoms with Crippen molar-refractivity contribution < 1.29 is 9.90 Å². The Morgan fingerprint density at radius 3 is 2.70 bits per heavy atom. The molecule has 2 rings (SSSR count). The number of carboxylic acids is 1. The molecule has 0 spiro atoms. The van der Waals surface area contributed by atoms with Crippen molar-refractivity contribution in [3.63, 3.8) is 0 Å². The molecule has 0 bridgehead atoms. The van der Waals surface area contributed by atoms with Gasteiger partial charge in [-0.25, -0.2) is 4.79 Å². The molecule has 1 aliphatic rings. The summed E-state index contributed by atoms with van der Waals surface area (Å²) >= 11 is 1.58. The van der Waals surface area contributed by atoms with Gasteiger partial charge in [0.05, 0.1) is 5.56 Å². The molecule has 1 saturated carbocycles. The topological polar surface area (TPSA) is 49.3 Å². The Hall–Kier alpha value is -1.16. The molecule has 1 aromatic carbocycles. The first-order valence-corrected chi connectivity index (χ1v) is 8.33. The van der Waals surface area contributed by atoms with Crippen molar-refractivity contribution in [1.82, 2.24) is 0 Å². The fourth-order valence-corrected chi connectivity index (χ4v) is 3.51. The largest absolute Gasteiger partial charge is 0.478 e. The number of anilines is 1. The summed E-state index contributed by atoms with van der Waals surface area (Å²) in [5.41, 5.74) is 1.60.